The molecule has 0 aliphatic carbocycles. The molecule has 0 radical (unpaired) electrons. The van der Waals surface area contributed by atoms with Gasteiger partial charge in [-0.15, -0.1) is 0 Å². The summed E-state index contributed by atoms with van der Waals surface area (Å²) in [5.74, 6) is -0.457. The lowest BCUT2D eigenvalue weighted by molar-refractivity contribution is -0.148. The molecule has 27 heavy (non-hydrogen) atoms. The third-order valence-corrected chi connectivity index (χ3v) is 4.29. The molecule has 1 N–H and O–H groups in total. The maximum atomic E-state index is 12.6. The van der Waals surface area contributed by atoms with Gasteiger partial charge in [0.1, 0.15) is 18.4 Å². The summed E-state index contributed by atoms with van der Waals surface area (Å²) in [5, 5.41) is 3.14. The van der Waals surface area contributed by atoms with Gasteiger partial charge in [-0.25, -0.2) is 4.79 Å². The second-order valence-corrected chi connectivity index (χ2v) is 6.88. The number of halogens is 1. The van der Waals surface area contributed by atoms with E-state index in [4.69, 9.17) is 30.2 Å². The molecular formula is C19H20ClNO6. The average molecular weight is 394 g/mol. The molecule has 1 amide bonds. The van der Waals surface area contributed by atoms with E-state index in [1.165, 1.54) is 12.3 Å². The lowest BCUT2D eigenvalue weighted by atomic mass is 10.0. The summed E-state index contributed by atoms with van der Waals surface area (Å²) >= 11 is 6.12. The number of rotatable bonds is 6. The van der Waals surface area contributed by atoms with Crippen LogP contribution >= 0.6 is 11.6 Å². The molecule has 0 spiro atoms. The van der Waals surface area contributed by atoms with E-state index in [1.54, 1.807) is 18.2 Å². The number of ether oxygens (including phenoxy) is 3. The molecule has 8 heteroatoms. The molecule has 3 rings (SSSR count). The first-order valence-corrected chi connectivity index (χ1v) is 8.86. The van der Waals surface area contributed by atoms with Gasteiger partial charge in [0, 0.05) is 16.1 Å². The highest BCUT2D eigenvalue weighted by Crippen LogP contribution is 2.32. The highest BCUT2D eigenvalue weighted by atomic mass is 35.5. The van der Waals surface area contributed by atoms with Gasteiger partial charge >= 0.3 is 5.97 Å². The lowest BCUT2D eigenvalue weighted by Crippen LogP contribution is -2.45. The summed E-state index contributed by atoms with van der Waals surface area (Å²) in [6, 6.07) is 5.74. The second-order valence-electron chi connectivity index (χ2n) is 6.44. The smallest absolute Gasteiger partial charge is 0.329 e. The van der Waals surface area contributed by atoms with Crippen LogP contribution in [0.2, 0.25) is 5.02 Å². The van der Waals surface area contributed by atoms with Crippen molar-refractivity contribution in [3.8, 4) is 5.75 Å². The van der Waals surface area contributed by atoms with E-state index in [2.05, 4.69) is 5.32 Å². The molecule has 0 fully saturated rings. The van der Waals surface area contributed by atoms with Gasteiger partial charge in [0.05, 0.1) is 12.9 Å². The highest BCUT2D eigenvalue weighted by Gasteiger charge is 2.27. The quantitative estimate of drug-likeness (QED) is 0.758. The first-order valence-electron chi connectivity index (χ1n) is 8.48. The summed E-state index contributed by atoms with van der Waals surface area (Å²) in [6.07, 6.45) is 1.39. The van der Waals surface area contributed by atoms with Crippen LogP contribution in [0.25, 0.3) is 0 Å². The van der Waals surface area contributed by atoms with Crippen molar-refractivity contribution in [2.45, 2.75) is 33.1 Å². The van der Waals surface area contributed by atoms with Crippen molar-refractivity contribution >= 4 is 23.5 Å². The molecule has 1 aromatic carbocycles. The van der Waals surface area contributed by atoms with Gasteiger partial charge in [0.15, 0.2) is 12.6 Å². The van der Waals surface area contributed by atoms with Gasteiger partial charge in [-0.3, -0.25) is 4.79 Å². The Morgan fingerprint density at radius 3 is 2.85 bits per heavy atom. The fourth-order valence-electron chi connectivity index (χ4n) is 2.72. The predicted octanol–water partition coefficient (Wildman–Crippen LogP) is 3.30. The van der Waals surface area contributed by atoms with Crippen molar-refractivity contribution in [3.05, 3.63) is 52.4 Å². The van der Waals surface area contributed by atoms with Crippen LogP contribution in [0.15, 0.2) is 34.9 Å². The fraction of sp³-hybridized carbons (Fsp3) is 0.368. The number of carbonyl (C=O) groups excluding carboxylic acids is 2. The van der Waals surface area contributed by atoms with Gasteiger partial charge in [-0.05, 0) is 30.2 Å². The number of fused-ring (bicyclic) bond motifs is 1. The summed E-state index contributed by atoms with van der Waals surface area (Å²) in [6.45, 7) is 4.11. The van der Waals surface area contributed by atoms with Crippen molar-refractivity contribution in [1.29, 1.82) is 0 Å². The van der Waals surface area contributed by atoms with Crippen LogP contribution in [0.3, 0.4) is 0 Å². The van der Waals surface area contributed by atoms with Crippen LogP contribution in [-0.2, 0) is 27.5 Å². The van der Waals surface area contributed by atoms with Gasteiger partial charge in [-0.1, -0.05) is 25.4 Å². The number of hydrogen-bond donors (Lipinski definition) is 1. The standard InChI is InChI=1S/C19H20ClNO6/c1-11(2)16(21-18(22)15-4-3-5-25-15)19(23)26-9-13-7-14(20)6-12-8-24-10-27-17(12)13/h3-7,11,16H,8-10H2,1-2H3,(H,21,22)/t16-/m0/s1. The summed E-state index contributed by atoms with van der Waals surface area (Å²) in [5.41, 5.74) is 1.44. The minimum atomic E-state index is -0.818. The molecule has 2 aromatic rings. The van der Waals surface area contributed by atoms with Crippen LogP contribution in [0, 0.1) is 5.92 Å². The number of benzene rings is 1. The SMILES string of the molecule is CC(C)[C@H](NC(=O)c1ccco1)C(=O)OCc1cc(Cl)cc2c1OCOC2. The molecule has 7 nitrogen and oxygen atoms in total. The van der Waals surface area contributed by atoms with Crippen LogP contribution in [0.1, 0.15) is 35.5 Å². The molecule has 2 heterocycles. The Balaban J connectivity index is 1.68. The molecule has 1 atom stereocenters. The Kier molecular flexibility index (Phi) is 6.03. The molecule has 1 aliphatic heterocycles. The Labute approximate surface area is 161 Å². The topological polar surface area (TPSA) is 87.0 Å². The predicted molar refractivity (Wildman–Crippen MR) is 96.3 cm³/mol. The van der Waals surface area contributed by atoms with Gasteiger partial charge in [0.25, 0.3) is 5.91 Å². The first-order chi connectivity index (χ1) is 13.0. The Morgan fingerprint density at radius 2 is 2.15 bits per heavy atom. The van der Waals surface area contributed by atoms with Crippen molar-refractivity contribution < 1.29 is 28.2 Å². The Morgan fingerprint density at radius 1 is 1.33 bits per heavy atom. The van der Waals surface area contributed by atoms with Crippen molar-refractivity contribution in [1.82, 2.24) is 5.32 Å². The van der Waals surface area contributed by atoms with Crippen LogP contribution in [0.5, 0.6) is 5.75 Å². The van der Waals surface area contributed by atoms with Crippen LogP contribution in [-0.4, -0.2) is 24.7 Å². The zero-order valence-corrected chi connectivity index (χ0v) is 15.7. The van der Waals surface area contributed by atoms with Crippen molar-refractivity contribution in [2.75, 3.05) is 6.79 Å². The van der Waals surface area contributed by atoms with E-state index >= 15 is 0 Å². The Hall–Kier alpha value is -2.51. The molecule has 0 bridgehead atoms. The van der Waals surface area contributed by atoms with E-state index in [0.29, 0.717) is 22.9 Å². The Bertz CT molecular complexity index is 818. The van der Waals surface area contributed by atoms with Crippen molar-refractivity contribution in [2.24, 2.45) is 5.92 Å². The van der Waals surface area contributed by atoms with Gasteiger partial charge < -0.3 is 23.9 Å². The molecule has 1 aromatic heterocycles. The summed E-state index contributed by atoms with van der Waals surface area (Å²) < 4.78 is 21.2. The zero-order chi connectivity index (χ0) is 19.4. The lowest BCUT2D eigenvalue weighted by Gasteiger charge is -2.23. The fourth-order valence-corrected chi connectivity index (χ4v) is 2.98. The molecule has 1 aliphatic rings. The van der Waals surface area contributed by atoms with E-state index in [-0.39, 0.29) is 25.1 Å². The number of nitrogens with one attached hydrogen (secondary N) is 1. The number of amides is 1. The highest BCUT2D eigenvalue weighted by molar-refractivity contribution is 6.30. The molecular weight excluding hydrogens is 374 g/mol. The summed E-state index contributed by atoms with van der Waals surface area (Å²) in [4.78, 5) is 24.7. The minimum absolute atomic E-state index is 0.0262. The minimum Gasteiger partial charge on any atom is -0.467 e. The number of hydrogen-bond acceptors (Lipinski definition) is 6. The third kappa shape index (κ3) is 4.61. The van der Waals surface area contributed by atoms with Gasteiger partial charge in [-0.2, -0.15) is 0 Å². The molecule has 144 valence electrons. The largest absolute Gasteiger partial charge is 0.467 e. The second kappa shape index (κ2) is 8.45. The third-order valence-electron chi connectivity index (χ3n) is 4.07. The maximum Gasteiger partial charge on any atom is 0.329 e. The normalized spacial score (nSPS) is 14.2. The van der Waals surface area contributed by atoms with E-state index in [0.717, 1.165) is 5.56 Å². The number of carbonyl (C=O) groups is 2. The molecule has 0 unspecified atom stereocenters. The number of esters is 1. The number of furan rings is 1. The zero-order valence-electron chi connectivity index (χ0n) is 15.0. The van der Waals surface area contributed by atoms with Crippen LogP contribution in [0.4, 0.5) is 0 Å². The van der Waals surface area contributed by atoms with E-state index in [9.17, 15) is 9.59 Å². The van der Waals surface area contributed by atoms with Gasteiger partial charge in [0.2, 0.25) is 0 Å². The van der Waals surface area contributed by atoms with E-state index < -0.39 is 17.9 Å². The average Bonchev–Trinajstić information content (AvgIpc) is 3.18. The summed E-state index contributed by atoms with van der Waals surface area (Å²) in [7, 11) is 0. The maximum absolute atomic E-state index is 12.6. The van der Waals surface area contributed by atoms with Crippen LogP contribution < -0.4 is 10.1 Å². The first kappa shape index (κ1) is 19.3. The molecule has 0 saturated heterocycles. The van der Waals surface area contributed by atoms with Crippen molar-refractivity contribution in [3.63, 3.8) is 0 Å². The van der Waals surface area contributed by atoms with E-state index in [1.807, 2.05) is 13.8 Å². The monoisotopic (exact) mass is 393 g/mol. The molecule has 0 saturated carbocycles.